The predicted octanol–water partition coefficient (Wildman–Crippen LogP) is 4.06. The fraction of sp³-hybridized carbons (Fsp3) is 0.318. The molecule has 1 atom stereocenters. The number of fused-ring (bicyclic) bond motifs is 1. The molecule has 0 radical (unpaired) electrons. The quantitative estimate of drug-likeness (QED) is 0.508. The molecule has 1 aliphatic rings. The molecular formula is C22H22FN3O2S. The Hall–Kier alpha value is -2.67. The highest BCUT2D eigenvalue weighted by molar-refractivity contribution is 8.00. The van der Waals surface area contributed by atoms with Gasteiger partial charge in [-0.2, -0.15) is 0 Å². The largest absolute Gasteiger partial charge is 0.352 e. The molecule has 1 N–H and O–H groups in total. The molecule has 3 aromatic rings. The number of carbonyl (C=O) groups is 1. The molecule has 1 amide bonds. The number of amides is 1. The summed E-state index contributed by atoms with van der Waals surface area (Å²) >= 11 is 1.17. The third kappa shape index (κ3) is 4.05. The van der Waals surface area contributed by atoms with Gasteiger partial charge in [0.2, 0.25) is 5.91 Å². The summed E-state index contributed by atoms with van der Waals surface area (Å²) < 4.78 is 15.8. The molecule has 0 aliphatic heterocycles. The molecule has 0 bridgehead atoms. The molecule has 1 saturated carbocycles. The number of rotatable bonds is 5. The maximum Gasteiger partial charge on any atom is 0.266 e. The second-order valence-corrected chi connectivity index (χ2v) is 8.56. The molecule has 1 fully saturated rings. The van der Waals surface area contributed by atoms with Crippen molar-refractivity contribution in [3.63, 3.8) is 0 Å². The highest BCUT2D eigenvalue weighted by Crippen LogP contribution is 2.27. The Labute approximate surface area is 172 Å². The van der Waals surface area contributed by atoms with Crippen molar-refractivity contribution < 1.29 is 9.18 Å². The molecule has 1 heterocycles. The number of aromatic nitrogens is 2. The van der Waals surface area contributed by atoms with Crippen LogP contribution in [0.4, 0.5) is 4.39 Å². The highest BCUT2D eigenvalue weighted by Gasteiger charge is 2.24. The average molecular weight is 412 g/mol. The molecular weight excluding hydrogens is 389 g/mol. The fourth-order valence-corrected chi connectivity index (χ4v) is 4.57. The normalized spacial score (nSPS) is 15.5. The maximum atomic E-state index is 14.5. The summed E-state index contributed by atoms with van der Waals surface area (Å²) in [5, 5.41) is 3.31. The lowest BCUT2D eigenvalue weighted by molar-refractivity contribution is -0.120. The Bertz CT molecular complexity index is 1110. The molecule has 29 heavy (non-hydrogen) atoms. The lowest BCUT2D eigenvalue weighted by Gasteiger charge is -2.18. The van der Waals surface area contributed by atoms with Gasteiger partial charge in [-0.25, -0.2) is 9.37 Å². The number of halogens is 1. The van der Waals surface area contributed by atoms with Crippen molar-refractivity contribution in [1.82, 2.24) is 14.9 Å². The minimum Gasteiger partial charge on any atom is -0.352 e. The van der Waals surface area contributed by atoms with E-state index in [0.29, 0.717) is 16.1 Å². The number of carbonyl (C=O) groups excluding carboxylic acids is 1. The van der Waals surface area contributed by atoms with Crippen LogP contribution in [0.15, 0.2) is 58.5 Å². The number of thioether (sulfide) groups is 1. The van der Waals surface area contributed by atoms with E-state index in [1.165, 1.54) is 22.4 Å². The van der Waals surface area contributed by atoms with Crippen LogP contribution in [0.25, 0.3) is 16.6 Å². The number of nitrogens with zero attached hydrogens (tertiary/aromatic N) is 2. The van der Waals surface area contributed by atoms with E-state index in [1.54, 1.807) is 49.4 Å². The van der Waals surface area contributed by atoms with E-state index in [2.05, 4.69) is 10.3 Å². The van der Waals surface area contributed by atoms with Crippen LogP contribution in [0.3, 0.4) is 0 Å². The summed E-state index contributed by atoms with van der Waals surface area (Å²) in [5.41, 5.74) is 0.296. The fourth-order valence-electron chi connectivity index (χ4n) is 3.64. The minimum atomic E-state index is -0.517. The lowest BCUT2D eigenvalue weighted by atomic mass is 10.2. The zero-order valence-corrected chi connectivity index (χ0v) is 16.9. The first-order chi connectivity index (χ1) is 14.0. The van der Waals surface area contributed by atoms with Gasteiger partial charge in [0.05, 0.1) is 21.8 Å². The maximum absolute atomic E-state index is 14.5. The van der Waals surface area contributed by atoms with Gasteiger partial charge in [-0.05, 0) is 44.0 Å². The van der Waals surface area contributed by atoms with Gasteiger partial charge in [0.25, 0.3) is 5.56 Å². The van der Waals surface area contributed by atoms with E-state index in [4.69, 9.17) is 0 Å². The smallest absolute Gasteiger partial charge is 0.266 e. The van der Waals surface area contributed by atoms with Crippen LogP contribution in [0.1, 0.15) is 32.6 Å². The standard InChI is InChI=1S/C22H22FN3O2S/c1-14(20(27)24-15-8-2-3-9-15)29-22-25-18-12-6-4-10-16(18)21(28)26(22)19-13-7-5-11-17(19)23/h4-7,10-15H,2-3,8-9H2,1H3,(H,24,27). The summed E-state index contributed by atoms with van der Waals surface area (Å²) in [7, 11) is 0. The first-order valence-electron chi connectivity index (χ1n) is 9.78. The van der Waals surface area contributed by atoms with E-state index in [-0.39, 0.29) is 23.2 Å². The van der Waals surface area contributed by atoms with Crippen LogP contribution in [-0.4, -0.2) is 26.8 Å². The van der Waals surface area contributed by atoms with E-state index in [0.717, 1.165) is 25.7 Å². The average Bonchev–Trinajstić information content (AvgIpc) is 3.22. The van der Waals surface area contributed by atoms with Crippen LogP contribution >= 0.6 is 11.8 Å². The molecule has 150 valence electrons. The third-order valence-electron chi connectivity index (χ3n) is 5.19. The van der Waals surface area contributed by atoms with E-state index in [1.807, 2.05) is 0 Å². The summed E-state index contributed by atoms with van der Waals surface area (Å²) in [5.74, 6) is -0.610. The first kappa shape index (κ1) is 19.6. The number of hydrogen-bond acceptors (Lipinski definition) is 4. The van der Waals surface area contributed by atoms with Gasteiger partial charge in [0.1, 0.15) is 5.82 Å². The van der Waals surface area contributed by atoms with Crippen LogP contribution < -0.4 is 10.9 Å². The van der Waals surface area contributed by atoms with Gasteiger partial charge >= 0.3 is 0 Å². The Morgan fingerprint density at radius 3 is 2.62 bits per heavy atom. The van der Waals surface area contributed by atoms with Gasteiger partial charge in [-0.1, -0.05) is 48.9 Å². The van der Waals surface area contributed by atoms with Crippen molar-refractivity contribution in [3.8, 4) is 5.69 Å². The zero-order valence-electron chi connectivity index (χ0n) is 16.1. The van der Waals surface area contributed by atoms with E-state index < -0.39 is 11.1 Å². The molecule has 2 aromatic carbocycles. The SMILES string of the molecule is CC(Sc1nc2ccccc2c(=O)n1-c1ccccc1F)C(=O)NC1CCCC1. The van der Waals surface area contributed by atoms with Gasteiger partial charge in [0.15, 0.2) is 5.16 Å². The number of hydrogen-bond donors (Lipinski definition) is 1. The molecule has 0 saturated heterocycles. The number of para-hydroxylation sites is 2. The van der Waals surface area contributed by atoms with Crippen molar-refractivity contribution in [3.05, 3.63) is 64.7 Å². The molecule has 4 rings (SSSR count). The van der Waals surface area contributed by atoms with Crippen molar-refractivity contribution in [1.29, 1.82) is 0 Å². The molecule has 0 spiro atoms. The van der Waals surface area contributed by atoms with Crippen LogP contribution in [0, 0.1) is 5.82 Å². The number of nitrogens with one attached hydrogen (secondary N) is 1. The van der Waals surface area contributed by atoms with E-state index >= 15 is 0 Å². The van der Waals surface area contributed by atoms with Crippen molar-refractivity contribution in [2.75, 3.05) is 0 Å². The molecule has 5 nitrogen and oxygen atoms in total. The molecule has 1 aromatic heterocycles. The third-order valence-corrected chi connectivity index (χ3v) is 6.24. The van der Waals surface area contributed by atoms with Gasteiger partial charge in [-0.15, -0.1) is 0 Å². The molecule has 7 heteroatoms. The van der Waals surface area contributed by atoms with Crippen LogP contribution in [0.2, 0.25) is 0 Å². The zero-order chi connectivity index (χ0) is 20.4. The topological polar surface area (TPSA) is 64.0 Å². The minimum absolute atomic E-state index is 0.0932. The predicted molar refractivity (Wildman–Crippen MR) is 113 cm³/mol. The van der Waals surface area contributed by atoms with Crippen molar-refractivity contribution in [2.24, 2.45) is 0 Å². The van der Waals surface area contributed by atoms with Crippen LogP contribution in [0.5, 0.6) is 0 Å². The summed E-state index contributed by atoms with van der Waals surface area (Å²) in [6.07, 6.45) is 4.26. The van der Waals surface area contributed by atoms with Gasteiger partial charge < -0.3 is 5.32 Å². The first-order valence-corrected chi connectivity index (χ1v) is 10.7. The Balaban J connectivity index is 1.74. The summed E-state index contributed by atoms with van der Waals surface area (Å²) in [4.78, 5) is 30.4. The highest BCUT2D eigenvalue weighted by atomic mass is 32.2. The second-order valence-electron chi connectivity index (χ2n) is 7.25. The lowest BCUT2D eigenvalue weighted by Crippen LogP contribution is -2.38. The number of benzene rings is 2. The van der Waals surface area contributed by atoms with Gasteiger partial charge in [-0.3, -0.25) is 14.2 Å². The molecule has 1 unspecified atom stereocenters. The summed E-state index contributed by atoms with van der Waals surface area (Å²) in [6, 6.07) is 13.3. The summed E-state index contributed by atoms with van der Waals surface area (Å²) in [6.45, 7) is 1.78. The second kappa shape index (κ2) is 8.37. The Morgan fingerprint density at radius 2 is 1.86 bits per heavy atom. The van der Waals surface area contributed by atoms with E-state index in [9.17, 15) is 14.0 Å². The monoisotopic (exact) mass is 411 g/mol. The van der Waals surface area contributed by atoms with Crippen LogP contribution in [-0.2, 0) is 4.79 Å². The Morgan fingerprint density at radius 1 is 1.17 bits per heavy atom. The van der Waals surface area contributed by atoms with Gasteiger partial charge in [0, 0.05) is 6.04 Å². The molecule has 1 aliphatic carbocycles. The Kier molecular flexibility index (Phi) is 5.67. The van der Waals surface area contributed by atoms with Crippen molar-refractivity contribution >= 4 is 28.6 Å². The van der Waals surface area contributed by atoms with Crippen molar-refractivity contribution in [2.45, 2.75) is 49.1 Å².